The maximum Gasteiger partial charge on any atom is 0.511 e. The highest BCUT2D eigenvalue weighted by molar-refractivity contribution is 6.36. The van der Waals surface area contributed by atoms with Crippen molar-refractivity contribution < 1.29 is 51.6 Å². The van der Waals surface area contributed by atoms with Gasteiger partial charge in [0.05, 0.1) is 23.8 Å². The summed E-state index contributed by atoms with van der Waals surface area (Å²) in [7, 11) is 0. The van der Waals surface area contributed by atoms with Gasteiger partial charge in [-0.15, -0.1) is 10.1 Å². The average Bonchev–Trinajstić information content (AvgIpc) is 2.65. The number of alkyl halides is 3. The Morgan fingerprint density at radius 1 is 1.16 bits per heavy atom. The molecule has 1 aliphatic heterocycles. The molecule has 1 aliphatic rings. The topological polar surface area (TPSA) is 123 Å². The van der Waals surface area contributed by atoms with Gasteiger partial charge in [0.25, 0.3) is 5.09 Å². The second-order valence-corrected chi connectivity index (χ2v) is 6.49. The van der Waals surface area contributed by atoms with Gasteiger partial charge in [0.1, 0.15) is 5.75 Å². The normalized spacial score (nSPS) is 15.1. The highest BCUT2D eigenvalue weighted by Gasteiger charge is 2.49. The maximum atomic E-state index is 13.4. The van der Waals surface area contributed by atoms with Gasteiger partial charge in [0.15, 0.2) is 0 Å². The quantitative estimate of drug-likeness (QED) is 0.175. The lowest BCUT2D eigenvalue weighted by molar-refractivity contribution is -0.757. The Balaban J connectivity index is 1.96. The van der Waals surface area contributed by atoms with Crippen LogP contribution in [0.2, 0.25) is 10.0 Å². The van der Waals surface area contributed by atoms with E-state index in [2.05, 4.69) is 19.0 Å². The van der Waals surface area contributed by atoms with Crippen LogP contribution in [-0.2, 0) is 23.8 Å². The first-order valence-electron chi connectivity index (χ1n) is 8.17. The molecule has 10 nitrogen and oxygen atoms in total. The number of rotatable bonds is 8. The monoisotopic (exact) mass is 489 g/mol. The fourth-order valence-electron chi connectivity index (χ4n) is 2.26. The molecule has 0 bridgehead atoms. The lowest BCUT2D eigenvalue weighted by Crippen LogP contribution is -2.41. The fraction of sp³-hybridized carbons (Fsp3) is 0.375. The van der Waals surface area contributed by atoms with E-state index in [0.29, 0.717) is 0 Å². The zero-order valence-corrected chi connectivity index (χ0v) is 16.7. The van der Waals surface area contributed by atoms with Gasteiger partial charge < -0.3 is 23.8 Å². The van der Waals surface area contributed by atoms with Crippen LogP contribution in [0.5, 0.6) is 5.75 Å². The van der Waals surface area contributed by atoms with Gasteiger partial charge in [-0.05, 0) is 18.2 Å². The molecule has 170 valence electrons. The summed E-state index contributed by atoms with van der Waals surface area (Å²) in [5.41, 5.74) is -0.908. The number of nitrogens with zero attached hydrogens (tertiary/aromatic N) is 1. The first-order chi connectivity index (χ1) is 14.5. The van der Waals surface area contributed by atoms with Gasteiger partial charge in [0.2, 0.25) is 12.9 Å². The standard InChI is InChI=1S/C16H12Cl2F3NO9/c17-9-4-8-5-10(13(16(19,20)21)31-12(8)11(18)6-9)14(23)28-7-29-15(24)27-2-1-3-30-22(25)26/h4-6,13H,1-3,7H2. The highest BCUT2D eigenvalue weighted by atomic mass is 35.5. The van der Waals surface area contributed by atoms with E-state index >= 15 is 0 Å². The fourth-order valence-corrected chi connectivity index (χ4v) is 2.81. The van der Waals surface area contributed by atoms with Crippen LogP contribution in [0.25, 0.3) is 6.08 Å². The van der Waals surface area contributed by atoms with E-state index in [0.717, 1.165) is 6.08 Å². The maximum absolute atomic E-state index is 13.4. The summed E-state index contributed by atoms with van der Waals surface area (Å²) in [4.78, 5) is 37.3. The van der Waals surface area contributed by atoms with E-state index < -0.39 is 41.9 Å². The zero-order chi connectivity index (χ0) is 23.2. The summed E-state index contributed by atoms with van der Waals surface area (Å²) < 4.78 is 58.3. The Labute approximate surface area is 181 Å². The van der Waals surface area contributed by atoms with Gasteiger partial charge in [-0.25, -0.2) is 9.59 Å². The van der Waals surface area contributed by atoms with Crippen LogP contribution in [-0.4, -0.2) is 49.5 Å². The molecular formula is C16H12Cl2F3NO9. The second kappa shape index (κ2) is 10.4. The summed E-state index contributed by atoms with van der Waals surface area (Å²) in [6, 6.07) is 2.41. The number of benzene rings is 1. The predicted octanol–water partition coefficient (Wildman–Crippen LogP) is 3.95. The van der Waals surface area contributed by atoms with Crippen molar-refractivity contribution in [3.63, 3.8) is 0 Å². The molecule has 0 spiro atoms. The van der Waals surface area contributed by atoms with Crippen LogP contribution in [0.3, 0.4) is 0 Å². The van der Waals surface area contributed by atoms with Crippen molar-refractivity contribution in [2.45, 2.75) is 18.7 Å². The van der Waals surface area contributed by atoms with Gasteiger partial charge in [0, 0.05) is 17.0 Å². The smallest absolute Gasteiger partial charge is 0.474 e. The van der Waals surface area contributed by atoms with Crippen molar-refractivity contribution in [3.8, 4) is 5.75 Å². The number of esters is 1. The molecule has 0 amide bonds. The second-order valence-electron chi connectivity index (χ2n) is 5.65. The first kappa shape index (κ1) is 24.3. The van der Waals surface area contributed by atoms with Crippen LogP contribution >= 0.6 is 23.2 Å². The van der Waals surface area contributed by atoms with Gasteiger partial charge in [-0.3, -0.25) is 0 Å². The average molecular weight is 490 g/mol. The molecule has 0 N–H and O–H groups in total. The summed E-state index contributed by atoms with van der Waals surface area (Å²) in [6.45, 7) is -1.71. The van der Waals surface area contributed by atoms with Gasteiger partial charge >= 0.3 is 18.3 Å². The molecule has 2 rings (SSSR count). The molecule has 15 heteroatoms. The highest BCUT2D eigenvalue weighted by Crippen LogP contribution is 2.42. The minimum absolute atomic E-state index is 0.0159. The third kappa shape index (κ3) is 7.07. The van der Waals surface area contributed by atoms with Crippen LogP contribution < -0.4 is 4.74 Å². The van der Waals surface area contributed by atoms with E-state index in [1.165, 1.54) is 12.1 Å². The molecule has 1 unspecified atom stereocenters. The molecule has 0 radical (unpaired) electrons. The molecule has 1 atom stereocenters. The number of hydrogen-bond acceptors (Lipinski definition) is 9. The summed E-state index contributed by atoms with van der Waals surface area (Å²) in [5.74, 6) is -1.79. The number of carbonyl (C=O) groups is 2. The van der Waals surface area contributed by atoms with Crippen molar-refractivity contribution >= 4 is 41.4 Å². The minimum atomic E-state index is -4.99. The first-order valence-corrected chi connectivity index (χ1v) is 8.92. The number of fused-ring (bicyclic) bond motifs is 1. The Kier molecular flexibility index (Phi) is 8.16. The van der Waals surface area contributed by atoms with Gasteiger partial charge in [-0.2, -0.15) is 13.2 Å². The Bertz CT molecular complexity index is 892. The molecular weight excluding hydrogens is 478 g/mol. The molecule has 0 aromatic heterocycles. The third-order valence-corrected chi connectivity index (χ3v) is 3.97. The van der Waals surface area contributed by atoms with Crippen LogP contribution in [0.15, 0.2) is 17.7 Å². The van der Waals surface area contributed by atoms with Crippen molar-refractivity contribution in [3.05, 3.63) is 43.4 Å². The molecule has 1 aromatic carbocycles. The summed E-state index contributed by atoms with van der Waals surface area (Å²) in [6.07, 6.45) is -8.17. The molecule has 1 aromatic rings. The Hall–Kier alpha value is -2.93. The van der Waals surface area contributed by atoms with Crippen molar-refractivity contribution in [2.24, 2.45) is 0 Å². The molecule has 31 heavy (non-hydrogen) atoms. The number of carbonyl (C=O) groups excluding carboxylic acids is 2. The lowest BCUT2D eigenvalue weighted by atomic mass is 10.0. The van der Waals surface area contributed by atoms with Crippen molar-refractivity contribution in [1.29, 1.82) is 0 Å². The van der Waals surface area contributed by atoms with Crippen LogP contribution in [0, 0.1) is 10.1 Å². The van der Waals surface area contributed by atoms with E-state index in [1.807, 2.05) is 0 Å². The van der Waals surface area contributed by atoms with Crippen molar-refractivity contribution in [1.82, 2.24) is 0 Å². The molecule has 0 aliphatic carbocycles. The molecule has 0 fully saturated rings. The minimum Gasteiger partial charge on any atom is -0.474 e. The van der Waals surface area contributed by atoms with E-state index in [1.54, 1.807) is 0 Å². The number of hydrogen-bond donors (Lipinski definition) is 0. The number of halogens is 5. The number of ether oxygens (including phenoxy) is 4. The zero-order valence-electron chi connectivity index (χ0n) is 15.1. The molecule has 1 heterocycles. The SMILES string of the molecule is O=C(OCCCO[N+](=O)[O-])OCOC(=O)C1=Cc2cc(Cl)cc(Cl)c2OC1C(F)(F)F. The Morgan fingerprint density at radius 3 is 2.52 bits per heavy atom. The largest absolute Gasteiger partial charge is 0.511 e. The lowest BCUT2D eigenvalue weighted by Gasteiger charge is -2.28. The molecule has 0 saturated carbocycles. The van der Waals surface area contributed by atoms with Gasteiger partial charge in [-0.1, -0.05) is 23.2 Å². The summed E-state index contributed by atoms with van der Waals surface area (Å²) in [5, 5.41) is 8.80. The van der Waals surface area contributed by atoms with Crippen LogP contribution in [0.4, 0.5) is 18.0 Å². The van der Waals surface area contributed by atoms with Crippen molar-refractivity contribution in [2.75, 3.05) is 20.0 Å². The molecule has 0 saturated heterocycles. The van der Waals surface area contributed by atoms with E-state index in [9.17, 15) is 32.9 Å². The predicted molar refractivity (Wildman–Crippen MR) is 95.9 cm³/mol. The van der Waals surface area contributed by atoms with E-state index in [4.69, 9.17) is 27.9 Å². The summed E-state index contributed by atoms with van der Waals surface area (Å²) >= 11 is 11.7. The van der Waals surface area contributed by atoms with E-state index in [-0.39, 0.29) is 41.0 Å². The van der Waals surface area contributed by atoms with Crippen LogP contribution in [0.1, 0.15) is 12.0 Å². The Morgan fingerprint density at radius 2 is 1.87 bits per heavy atom. The third-order valence-electron chi connectivity index (χ3n) is 3.47.